The molecule has 0 atom stereocenters. The maximum Gasteiger partial charge on any atom is 0.348 e. The number of ether oxygens (including phenoxy) is 1. The monoisotopic (exact) mass is 193 g/mol. The minimum Gasteiger partial charge on any atom is -0.465 e. The third-order valence-electron chi connectivity index (χ3n) is 1.40. The van der Waals surface area contributed by atoms with Gasteiger partial charge >= 0.3 is 5.97 Å². The van der Waals surface area contributed by atoms with Gasteiger partial charge in [-0.3, -0.25) is 0 Å². The fourth-order valence-electron chi connectivity index (χ4n) is 0.836. The SMILES string of the molecule is COC(=O)c1sccc1C=CC#N. The van der Waals surface area contributed by atoms with Gasteiger partial charge in [0.1, 0.15) is 4.88 Å². The van der Waals surface area contributed by atoms with E-state index in [0.29, 0.717) is 4.88 Å². The van der Waals surface area contributed by atoms with Crippen LogP contribution in [0.5, 0.6) is 0 Å². The molecule has 0 saturated carbocycles. The highest BCUT2D eigenvalue weighted by molar-refractivity contribution is 7.12. The predicted molar refractivity (Wildman–Crippen MR) is 50.3 cm³/mol. The van der Waals surface area contributed by atoms with Gasteiger partial charge in [0.2, 0.25) is 0 Å². The molecule has 1 aromatic heterocycles. The number of esters is 1. The van der Waals surface area contributed by atoms with E-state index >= 15 is 0 Å². The molecule has 66 valence electrons. The van der Waals surface area contributed by atoms with E-state index in [9.17, 15) is 4.79 Å². The van der Waals surface area contributed by atoms with Crippen LogP contribution < -0.4 is 0 Å². The topological polar surface area (TPSA) is 50.1 Å². The first kappa shape index (κ1) is 9.49. The van der Waals surface area contributed by atoms with Crippen LogP contribution in [0.4, 0.5) is 0 Å². The molecule has 0 fully saturated rings. The van der Waals surface area contributed by atoms with Crippen molar-refractivity contribution in [1.82, 2.24) is 0 Å². The first-order valence-corrected chi connectivity index (χ1v) is 4.39. The summed E-state index contributed by atoms with van der Waals surface area (Å²) in [6.07, 6.45) is 2.91. The number of allylic oxidation sites excluding steroid dienone is 1. The maximum absolute atomic E-state index is 11.1. The van der Waals surface area contributed by atoms with E-state index in [1.165, 1.54) is 24.5 Å². The third-order valence-corrected chi connectivity index (χ3v) is 2.31. The Morgan fingerprint density at radius 3 is 3.15 bits per heavy atom. The van der Waals surface area contributed by atoms with Crippen LogP contribution in [0.2, 0.25) is 0 Å². The Kier molecular flexibility index (Phi) is 3.23. The fraction of sp³-hybridized carbons (Fsp3) is 0.111. The van der Waals surface area contributed by atoms with E-state index in [0.717, 1.165) is 5.56 Å². The number of nitrogens with zero attached hydrogens (tertiary/aromatic N) is 1. The molecule has 0 spiro atoms. The largest absolute Gasteiger partial charge is 0.465 e. The van der Waals surface area contributed by atoms with Crippen LogP contribution in [0.1, 0.15) is 15.2 Å². The van der Waals surface area contributed by atoms with Gasteiger partial charge < -0.3 is 4.74 Å². The van der Waals surface area contributed by atoms with E-state index in [2.05, 4.69) is 4.74 Å². The van der Waals surface area contributed by atoms with Gasteiger partial charge in [-0.05, 0) is 17.5 Å². The van der Waals surface area contributed by atoms with E-state index in [1.807, 2.05) is 6.07 Å². The molecular weight excluding hydrogens is 186 g/mol. The lowest BCUT2D eigenvalue weighted by atomic mass is 10.2. The van der Waals surface area contributed by atoms with Crippen molar-refractivity contribution in [2.45, 2.75) is 0 Å². The average Bonchev–Trinajstić information content (AvgIpc) is 2.61. The minimum atomic E-state index is -0.368. The second-order valence-electron chi connectivity index (χ2n) is 2.16. The highest BCUT2D eigenvalue weighted by Gasteiger charge is 2.10. The van der Waals surface area contributed by atoms with E-state index < -0.39 is 0 Å². The van der Waals surface area contributed by atoms with Gasteiger partial charge in [0, 0.05) is 11.6 Å². The highest BCUT2D eigenvalue weighted by Crippen LogP contribution is 2.18. The van der Waals surface area contributed by atoms with Crippen LogP contribution >= 0.6 is 11.3 Å². The Labute approximate surface area is 79.9 Å². The van der Waals surface area contributed by atoms with Crippen LogP contribution in [-0.4, -0.2) is 13.1 Å². The summed E-state index contributed by atoms with van der Waals surface area (Å²) in [4.78, 5) is 11.7. The lowest BCUT2D eigenvalue weighted by Gasteiger charge is -1.95. The number of carbonyl (C=O) groups is 1. The van der Waals surface area contributed by atoms with Crippen molar-refractivity contribution >= 4 is 23.4 Å². The number of hydrogen-bond acceptors (Lipinski definition) is 4. The van der Waals surface area contributed by atoms with Crippen molar-refractivity contribution in [1.29, 1.82) is 5.26 Å². The Morgan fingerprint density at radius 1 is 1.77 bits per heavy atom. The zero-order valence-corrected chi connectivity index (χ0v) is 7.80. The number of carbonyl (C=O) groups excluding carboxylic acids is 1. The normalized spacial score (nSPS) is 9.85. The summed E-state index contributed by atoms with van der Waals surface area (Å²) >= 11 is 1.30. The van der Waals surface area contributed by atoms with Crippen molar-refractivity contribution in [3.8, 4) is 6.07 Å². The van der Waals surface area contributed by atoms with Crippen molar-refractivity contribution in [3.63, 3.8) is 0 Å². The number of hydrogen-bond donors (Lipinski definition) is 0. The molecule has 0 aliphatic heterocycles. The van der Waals surface area contributed by atoms with Crippen LogP contribution in [0.15, 0.2) is 17.5 Å². The lowest BCUT2D eigenvalue weighted by molar-refractivity contribution is 0.0606. The smallest absolute Gasteiger partial charge is 0.348 e. The van der Waals surface area contributed by atoms with Gasteiger partial charge in [0.25, 0.3) is 0 Å². The molecular formula is C9H7NO2S. The Hall–Kier alpha value is -1.60. The summed E-state index contributed by atoms with van der Waals surface area (Å²) < 4.78 is 4.57. The fourth-order valence-corrected chi connectivity index (χ4v) is 1.64. The molecule has 0 aromatic carbocycles. The number of thiophene rings is 1. The molecule has 0 saturated heterocycles. The molecule has 4 heteroatoms. The van der Waals surface area contributed by atoms with Gasteiger partial charge in [-0.1, -0.05) is 0 Å². The Balaban J connectivity index is 2.97. The molecule has 3 nitrogen and oxygen atoms in total. The highest BCUT2D eigenvalue weighted by atomic mass is 32.1. The Bertz CT molecular complexity index is 373. The molecule has 0 N–H and O–H groups in total. The molecule has 0 aliphatic rings. The number of nitriles is 1. The molecule has 0 bridgehead atoms. The predicted octanol–water partition coefficient (Wildman–Crippen LogP) is 2.07. The molecule has 1 aromatic rings. The van der Waals surface area contributed by atoms with Gasteiger partial charge in [0.05, 0.1) is 13.2 Å². The third kappa shape index (κ3) is 2.17. The van der Waals surface area contributed by atoms with Gasteiger partial charge in [-0.2, -0.15) is 5.26 Å². The second-order valence-corrected chi connectivity index (χ2v) is 3.08. The van der Waals surface area contributed by atoms with Gasteiger partial charge in [-0.25, -0.2) is 4.79 Å². The first-order valence-electron chi connectivity index (χ1n) is 3.51. The second kappa shape index (κ2) is 4.43. The van der Waals surface area contributed by atoms with Crippen molar-refractivity contribution in [2.24, 2.45) is 0 Å². The minimum absolute atomic E-state index is 0.368. The number of methoxy groups -OCH3 is 1. The van der Waals surface area contributed by atoms with Crippen LogP contribution in [0, 0.1) is 11.3 Å². The van der Waals surface area contributed by atoms with Crippen molar-refractivity contribution in [3.05, 3.63) is 28.0 Å². The van der Waals surface area contributed by atoms with Crippen LogP contribution in [0.3, 0.4) is 0 Å². The summed E-state index contributed by atoms with van der Waals surface area (Å²) in [7, 11) is 1.33. The summed E-state index contributed by atoms with van der Waals surface area (Å²) in [5.41, 5.74) is 0.721. The van der Waals surface area contributed by atoms with Crippen LogP contribution in [0.25, 0.3) is 6.08 Å². The summed E-state index contributed by atoms with van der Waals surface area (Å²) in [5.74, 6) is -0.368. The van der Waals surface area contributed by atoms with E-state index in [1.54, 1.807) is 17.5 Å². The van der Waals surface area contributed by atoms with Crippen LogP contribution in [-0.2, 0) is 4.74 Å². The Morgan fingerprint density at radius 2 is 2.54 bits per heavy atom. The zero-order chi connectivity index (χ0) is 9.68. The standard InChI is InChI=1S/C9H7NO2S/c1-12-9(11)8-7(3-2-5-10)4-6-13-8/h2-4,6H,1H3. The molecule has 1 rings (SSSR count). The molecule has 0 unspecified atom stereocenters. The quantitative estimate of drug-likeness (QED) is 0.533. The molecule has 1 heterocycles. The maximum atomic E-state index is 11.1. The first-order chi connectivity index (χ1) is 6.29. The summed E-state index contributed by atoms with van der Waals surface area (Å²) in [5, 5.41) is 10.1. The van der Waals surface area contributed by atoms with Crippen molar-refractivity contribution in [2.75, 3.05) is 7.11 Å². The van der Waals surface area contributed by atoms with E-state index in [-0.39, 0.29) is 5.97 Å². The average molecular weight is 193 g/mol. The zero-order valence-electron chi connectivity index (χ0n) is 6.98. The van der Waals surface area contributed by atoms with Crippen molar-refractivity contribution < 1.29 is 9.53 Å². The van der Waals surface area contributed by atoms with Gasteiger partial charge in [-0.15, -0.1) is 11.3 Å². The molecule has 0 aliphatic carbocycles. The summed E-state index contributed by atoms with van der Waals surface area (Å²) in [6, 6.07) is 3.63. The molecule has 13 heavy (non-hydrogen) atoms. The molecule has 0 amide bonds. The number of rotatable bonds is 2. The lowest BCUT2D eigenvalue weighted by Crippen LogP contribution is -1.99. The van der Waals surface area contributed by atoms with Gasteiger partial charge in [0.15, 0.2) is 0 Å². The summed E-state index contributed by atoms with van der Waals surface area (Å²) in [6.45, 7) is 0. The molecule has 0 radical (unpaired) electrons. The van der Waals surface area contributed by atoms with E-state index in [4.69, 9.17) is 5.26 Å².